The maximum atomic E-state index is 12.3. The van der Waals surface area contributed by atoms with E-state index < -0.39 is 11.2 Å². The van der Waals surface area contributed by atoms with Crippen LogP contribution >= 0.6 is 15.9 Å². The maximum absolute atomic E-state index is 12.3. The molecule has 0 aliphatic heterocycles. The number of aryl methyl sites for hydroxylation is 1. The van der Waals surface area contributed by atoms with Crippen molar-refractivity contribution in [2.24, 2.45) is 12.1 Å². The first-order valence-corrected chi connectivity index (χ1v) is 8.96. The van der Waals surface area contributed by atoms with Crippen molar-refractivity contribution >= 4 is 39.3 Å². The number of imidazole rings is 1. The van der Waals surface area contributed by atoms with E-state index in [1.807, 2.05) is 32.0 Å². The predicted molar refractivity (Wildman–Crippen MR) is 108 cm³/mol. The number of ether oxygens (including phenoxy) is 1. The Morgan fingerprint density at radius 1 is 1.37 bits per heavy atom. The molecule has 0 saturated carbocycles. The molecule has 2 heterocycles. The maximum Gasteiger partial charge on any atom is 0.329 e. The van der Waals surface area contributed by atoms with E-state index in [0.717, 1.165) is 10.0 Å². The number of hydrogen-bond acceptors (Lipinski definition) is 6. The number of nitrogens with zero attached hydrogens (tertiary/aromatic N) is 4. The smallest absolute Gasteiger partial charge is 0.329 e. The van der Waals surface area contributed by atoms with Gasteiger partial charge < -0.3 is 9.30 Å². The fraction of sp³-hybridized carbons (Fsp3) is 0.294. The topological polar surface area (TPSA) is 106 Å². The molecule has 3 aromatic rings. The van der Waals surface area contributed by atoms with Gasteiger partial charge in [0.2, 0.25) is 5.95 Å². The van der Waals surface area contributed by atoms with Crippen LogP contribution in [0.4, 0.5) is 5.95 Å². The third-order valence-electron chi connectivity index (χ3n) is 4.03. The number of nitrogens with one attached hydrogen (secondary N) is 2. The third kappa shape index (κ3) is 3.52. The van der Waals surface area contributed by atoms with Gasteiger partial charge in [-0.05, 0) is 32.0 Å². The number of fused-ring (bicyclic) bond motifs is 1. The lowest BCUT2D eigenvalue weighted by Gasteiger charge is -2.11. The van der Waals surface area contributed by atoms with Crippen LogP contribution in [0.5, 0.6) is 5.75 Å². The number of rotatable bonds is 5. The molecule has 9 nitrogen and oxygen atoms in total. The number of hydrazone groups is 1. The summed E-state index contributed by atoms with van der Waals surface area (Å²) in [6, 6.07) is 5.48. The molecule has 2 aromatic heterocycles. The number of halogens is 1. The van der Waals surface area contributed by atoms with Gasteiger partial charge in [-0.1, -0.05) is 15.9 Å². The molecule has 27 heavy (non-hydrogen) atoms. The van der Waals surface area contributed by atoms with E-state index in [-0.39, 0.29) is 11.7 Å². The van der Waals surface area contributed by atoms with Gasteiger partial charge in [0.25, 0.3) is 5.56 Å². The Morgan fingerprint density at radius 3 is 2.78 bits per heavy atom. The van der Waals surface area contributed by atoms with E-state index in [4.69, 9.17) is 4.74 Å². The molecule has 0 fully saturated rings. The lowest BCUT2D eigenvalue weighted by Crippen LogP contribution is -2.29. The molecule has 142 valence electrons. The third-order valence-corrected chi connectivity index (χ3v) is 4.52. The molecule has 0 spiro atoms. The van der Waals surface area contributed by atoms with Gasteiger partial charge in [0.15, 0.2) is 11.2 Å². The van der Waals surface area contributed by atoms with Crippen LogP contribution in [0.25, 0.3) is 11.2 Å². The molecule has 2 N–H and O–H groups in total. The molecule has 3 rings (SSSR count). The number of H-pyrrole nitrogens is 1. The first-order valence-electron chi connectivity index (χ1n) is 8.17. The molecule has 1 aromatic carbocycles. The summed E-state index contributed by atoms with van der Waals surface area (Å²) in [5.41, 5.74) is 3.21. The summed E-state index contributed by atoms with van der Waals surface area (Å²) in [5.74, 6) is 1.02. The van der Waals surface area contributed by atoms with E-state index >= 15 is 0 Å². The largest absolute Gasteiger partial charge is 0.496 e. The minimum atomic E-state index is -0.519. The standard InChI is InChI=1S/C17H19BrN6O3/c1-9(2)24-13-14(23(3)17(26)21-15(13)25)20-16(24)22-19-8-10-7-11(18)5-6-12(10)27-4/h5-9H,1-4H3,(H,20,22)(H,21,25,26)/b19-8-. The van der Waals surface area contributed by atoms with E-state index in [1.54, 1.807) is 24.9 Å². The Kier molecular flexibility index (Phi) is 5.17. The van der Waals surface area contributed by atoms with Crippen LogP contribution in [0.2, 0.25) is 0 Å². The minimum Gasteiger partial charge on any atom is -0.496 e. The Morgan fingerprint density at radius 2 is 2.11 bits per heavy atom. The molecule has 0 aliphatic rings. The second kappa shape index (κ2) is 7.39. The Bertz CT molecular complexity index is 1140. The van der Waals surface area contributed by atoms with Gasteiger partial charge in [0.05, 0.1) is 13.3 Å². The fourth-order valence-corrected chi connectivity index (χ4v) is 3.13. The van der Waals surface area contributed by atoms with Crippen molar-refractivity contribution in [1.82, 2.24) is 19.1 Å². The summed E-state index contributed by atoms with van der Waals surface area (Å²) in [4.78, 5) is 30.8. The zero-order valence-corrected chi connectivity index (χ0v) is 16.9. The average molecular weight is 435 g/mol. The van der Waals surface area contributed by atoms with Crippen LogP contribution in [0, 0.1) is 0 Å². The van der Waals surface area contributed by atoms with Gasteiger partial charge in [-0.3, -0.25) is 14.3 Å². The zero-order chi connectivity index (χ0) is 19.7. The SMILES string of the molecule is COc1ccc(Br)cc1/C=N\Nc1nc2c(c(=O)[nH]c(=O)n2C)n1C(C)C. The van der Waals surface area contributed by atoms with E-state index in [2.05, 4.69) is 36.4 Å². The molecule has 0 unspecified atom stereocenters. The van der Waals surface area contributed by atoms with Crippen molar-refractivity contribution in [3.8, 4) is 5.75 Å². The van der Waals surface area contributed by atoms with Crippen LogP contribution in [0.1, 0.15) is 25.5 Å². The van der Waals surface area contributed by atoms with Crippen LogP contribution in [-0.2, 0) is 7.05 Å². The lowest BCUT2D eigenvalue weighted by atomic mass is 10.2. The summed E-state index contributed by atoms with van der Waals surface area (Å²) in [7, 11) is 3.14. The van der Waals surface area contributed by atoms with E-state index in [9.17, 15) is 9.59 Å². The van der Waals surface area contributed by atoms with Gasteiger partial charge in [-0.2, -0.15) is 10.1 Å². The number of aromatic nitrogens is 4. The van der Waals surface area contributed by atoms with Crippen molar-refractivity contribution < 1.29 is 4.74 Å². The van der Waals surface area contributed by atoms with Crippen molar-refractivity contribution in [2.75, 3.05) is 12.5 Å². The molecule has 0 atom stereocenters. The first kappa shape index (κ1) is 18.9. The number of hydrogen-bond donors (Lipinski definition) is 2. The van der Waals surface area contributed by atoms with Crippen molar-refractivity contribution in [1.29, 1.82) is 0 Å². The number of anilines is 1. The Hall–Kier alpha value is -2.88. The monoisotopic (exact) mass is 434 g/mol. The highest BCUT2D eigenvalue weighted by atomic mass is 79.9. The van der Waals surface area contributed by atoms with Crippen molar-refractivity contribution in [3.63, 3.8) is 0 Å². The second-order valence-electron chi connectivity index (χ2n) is 6.15. The molecule has 0 aliphatic carbocycles. The van der Waals surface area contributed by atoms with E-state index in [0.29, 0.717) is 17.2 Å². The fourth-order valence-electron chi connectivity index (χ4n) is 2.75. The first-order chi connectivity index (χ1) is 12.8. The summed E-state index contributed by atoms with van der Waals surface area (Å²) < 4.78 is 9.19. The number of benzene rings is 1. The molecular weight excluding hydrogens is 416 g/mol. The molecule has 10 heteroatoms. The number of aromatic amines is 1. The molecule has 0 radical (unpaired) electrons. The quantitative estimate of drug-likeness (QED) is 0.472. The highest BCUT2D eigenvalue weighted by molar-refractivity contribution is 9.10. The lowest BCUT2D eigenvalue weighted by molar-refractivity contribution is 0.414. The van der Waals surface area contributed by atoms with Crippen molar-refractivity contribution in [3.05, 3.63) is 49.1 Å². The molecule has 0 amide bonds. The summed E-state index contributed by atoms with van der Waals surface area (Å²) in [6.45, 7) is 3.83. The van der Waals surface area contributed by atoms with Gasteiger partial charge in [-0.15, -0.1) is 0 Å². The highest BCUT2D eigenvalue weighted by Gasteiger charge is 2.18. The van der Waals surface area contributed by atoms with Crippen LogP contribution in [-0.4, -0.2) is 32.4 Å². The van der Waals surface area contributed by atoms with Crippen LogP contribution in [0.3, 0.4) is 0 Å². The Labute approximate surface area is 162 Å². The van der Waals surface area contributed by atoms with Gasteiger partial charge in [0.1, 0.15) is 5.75 Å². The average Bonchev–Trinajstić information content (AvgIpc) is 3.00. The van der Waals surface area contributed by atoms with Gasteiger partial charge >= 0.3 is 5.69 Å². The highest BCUT2D eigenvalue weighted by Crippen LogP contribution is 2.23. The Balaban J connectivity index is 2.05. The summed E-state index contributed by atoms with van der Waals surface area (Å²) >= 11 is 3.41. The van der Waals surface area contributed by atoms with E-state index in [1.165, 1.54) is 4.57 Å². The predicted octanol–water partition coefficient (Wildman–Crippen LogP) is 2.22. The van der Waals surface area contributed by atoms with Crippen LogP contribution < -0.4 is 21.4 Å². The molecular formula is C17H19BrN6O3. The van der Waals surface area contributed by atoms with Gasteiger partial charge in [-0.25, -0.2) is 10.2 Å². The van der Waals surface area contributed by atoms with Gasteiger partial charge in [0, 0.05) is 23.1 Å². The normalized spacial score (nSPS) is 11.6. The summed E-state index contributed by atoms with van der Waals surface area (Å²) in [5, 5.41) is 4.22. The zero-order valence-electron chi connectivity index (χ0n) is 15.3. The minimum absolute atomic E-state index is 0.0771. The van der Waals surface area contributed by atoms with Crippen LogP contribution in [0.15, 0.2) is 37.4 Å². The molecule has 0 bridgehead atoms. The molecule has 0 saturated heterocycles. The van der Waals surface area contributed by atoms with Crippen molar-refractivity contribution in [2.45, 2.75) is 19.9 Å². The second-order valence-corrected chi connectivity index (χ2v) is 7.06. The summed E-state index contributed by atoms with van der Waals surface area (Å²) in [6.07, 6.45) is 1.59. The number of methoxy groups -OCH3 is 1.